The molecule has 0 fully saturated rings. The van der Waals surface area contributed by atoms with Crippen molar-refractivity contribution in [1.82, 2.24) is 0 Å². The van der Waals surface area contributed by atoms with Gasteiger partial charge in [0.25, 0.3) is 0 Å². The molecule has 3 N–H and O–H groups in total. The molecule has 1 amide bonds. The summed E-state index contributed by atoms with van der Waals surface area (Å²) >= 11 is 1.45. The Labute approximate surface area is 92.0 Å². The van der Waals surface area contributed by atoms with Gasteiger partial charge in [-0.3, -0.25) is 15.1 Å². The van der Waals surface area contributed by atoms with Gasteiger partial charge >= 0.3 is 0 Å². The maximum Gasteiger partial charge on any atom is 0.246 e. The van der Waals surface area contributed by atoms with Gasteiger partial charge in [-0.05, 0) is 11.4 Å². The van der Waals surface area contributed by atoms with Gasteiger partial charge in [0, 0.05) is 0 Å². The number of amides is 1. The fraction of sp³-hybridized carbons (Fsp3) is 0.100. The molecule has 0 aliphatic carbocycles. The van der Waals surface area contributed by atoms with E-state index in [2.05, 4.69) is 5.48 Å². The normalized spacial score (nSPS) is 9.07. The first kappa shape index (κ1) is 11.5. The lowest BCUT2D eigenvalue weighted by Crippen LogP contribution is -2.19. The summed E-state index contributed by atoms with van der Waals surface area (Å²) in [6.45, 7) is -0.149. The van der Waals surface area contributed by atoms with Crippen molar-refractivity contribution in [3.63, 3.8) is 0 Å². The highest BCUT2D eigenvalue weighted by atomic mass is 32.1. The summed E-state index contributed by atoms with van der Waals surface area (Å²) in [6.07, 6.45) is 0. The van der Waals surface area contributed by atoms with Gasteiger partial charge in [-0.25, -0.2) is 0 Å². The number of primary amides is 1. The van der Waals surface area contributed by atoms with Gasteiger partial charge < -0.3 is 5.73 Å². The van der Waals surface area contributed by atoms with Crippen molar-refractivity contribution in [2.24, 2.45) is 5.73 Å². The third-order valence-corrected chi connectivity index (χ3v) is 2.12. The molecule has 1 heterocycles. The molecule has 0 saturated carbocycles. The largest absolute Gasteiger partial charge is 0.368 e. The van der Waals surface area contributed by atoms with E-state index in [1.54, 1.807) is 0 Å². The van der Waals surface area contributed by atoms with E-state index >= 15 is 0 Å². The number of nitrogens with two attached hydrogens (primary N) is 1. The van der Waals surface area contributed by atoms with Gasteiger partial charge in [-0.1, -0.05) is 30.3 Å². The highest BCUT2D eigenvalue weighted by Gasteiger charge is 1.93. The minimum absolute atomic E-state index is 0.149. The van der Waals surface area contributed by atoms with Crippen molar-refractivity contribution in [2.45, 2.75) is 0 Å². The summed E-state index contributed by atoms with van der Waals surface area (Å²) in [5.74, 6) is -0.510. The molecule has 0 unspecified atom stereocenters. The van der Waals surface area contributed by atoms with Crippen LogP contribution in [0.5, 0.6) is 0 Å². The molecule has 15 heavy (non-hydrogen) atoms. The number of hydrogen-bond acceptors (Lipinski definition) is 4. The molecule has 0 aromatic carbocycles. The second kappa shape index (κ2) is 6.80. The van der Waals surface area contributed by atoms with Crippen LogP contribution in [-0.4, -0.2) is 12.5 Å². The molecular formula is C10H12N2O2S. The highest BCUT2D eigenvalue weighted by molar-refractivity contribution is 7.13. The summed E-state index contributed by atoms with van der Waals surface area (Å²) in [6, 6.07) is 11.3. The molecule has 4 nitrogen and oxygen atoms in total. The van der Waals surface area contributed by atoms with E-state index in [0.717, 1.165) is 5.00 Å². The molecule has 0 aliphatic rings. The minimum atomic E-state index is -0.510. The second-order valence-corrected chi connectivity index (χ2v) is 3.55. The van der Waals surface area contributed by atoms with Crippen LogP contribution in [0.15, 0.2) is 41.8 Å². The van der Waals surface area contributed by atoms with Crippen LogP contribution >= 0.6 is 11.3 Å². The molecule has 0 aliphatic heterocycles. The number of anilines is 1. The monoisotopic (exact) mass is 224 g/mol. The average Bonchev–Trinajstić information content (AvgIpc) is 2.31. The molecule has 0 bridgehead atoms. The summed E-state index contributed by atoms with van der Waals surface area (Å²) in [4.78, 5) is 15.3. The topological polar surface area (TPSA) is 64.4 Å². The zero-order chi connectivity index (χ0) is 10.9. The smallest absolute Gasteiger partial charge is 0.246 e. The van der Waals surface area contributed by atoms with E-state index in [-0.39, 0.29) is 6.61 Å². The van der Waals surface area contributed by atoms with Gasteiger partial charge in [0.2, 0.25) is 5.91 Å². The Bertz CT molecular complexity index is 340. The molecule has 1 aromatic rings. The summed E-state index contributed by atoms with van der Waals surface area (Å²) < 4.78 is 0. The predicted molar refractivity (Wildman–Crippen MR) is 60.7 cm³/mol. The van der Waals surface area contributed by atoms with Crippen LogP contribution in [0.25, 0.3) is 0 Å². The highest BCUT2D eigenvalue weighted by Crippen LogP contribution is 2.10. The molecule has 1 rings (SSSR count). The molecule has 0 spiro atoms. The van der Waals surface area contributed by atoms with E-state index in [1.165, 1.54) is 11.3 Å². The van der Waals surface area contributed by atoms with Crippen LogP contribution in [0, 0.1) is 0 Å². The molecule has 0 radical (unpaired) electrons. The molecule has 0 saturated heterocycles. The first-order chi connectivity index (χ1) is 7.29. The summed E-state index contributed by atoms with van der Waals surface area (Å²) in [7, 11) is 0. The third-order valence-electron chi connectivity index (χ3n) is 1.35. The van der Waals surface area contributed by atoms with E-state index in [4.69, 9.17) is 10.6 Å². The van der Waals surface area contributed by atoms with Gasteiger partial charge in [-0.2, -0.15) is 0 Å². The Morgan fingerprint density at radius 3 is 2.87 bits per heavy atom. The van der Waals surface area contributed by atoms with Crippen molar-refractivity contribution in [2.75, 3.05) is 12.1 Å². The number of carbonyl (C=O) groups is 1. The molecule has 1 aromatic heterocycles. The van der Waals surface area contributed by atoms with Crippen molar-refractivity contribution in [3.05, 3.63) is 41.8 Å². The van der Waals surface area contributed by atoms with E-state index < -0.39 is 5.91 Å². The van der Waals surface area contributed by atoms with Crippen LogP contribution in [0.3, 0.4) is 0 Å². The fourth-order valence-corrected chi connectivity index (χ4v) is 1.35. The maximum atomic E-state index is 10.4. The second-order valence-electron chi connectivity index (χ2n) is 2.60. The van der Waals surface area contributed by atoms with Crippen molar-refractivity contribution < 1.29 is 9.63 Å². The zero-order valence-electron chi connectivity index (χ0n) is 8.05. The Kier molecular flexibility index (Phi) is 5.21. The summed E-state index contributed by atoms with van der Waals surface area (Å²) in [5.41, 5.74) is 7.56. The van der Waals surface area contributed by atoms with E-state index in [1.807, 2.05) is 41.8 Å². The van der Waals surface area contributed by atoms with Gasteiger partial charge in [-0.15, -0.1) is 11.3 Å². The van der Waals surface area contributed by atoms with Crippen LogP contribution in [0.2, 0.25) is 0 Å². The average molecular weight is 224 g/mol. The van der Waals surface area contributed by atoms with Crippen molar-refractivity contribution in [1.29, 1.82) is 0 Å². The van der Waals surface area contributed by atoms with Crippen LogP contribution in [0.4, 0.5) is 5.00 Å². The minimum Gasteiger partial charge on any atom is -0.368 e. The first-order valence-electron chi connectivity index (χ1n) is 4.32. The van der Waals surface area contributed by atoms with E-state index in [0.29, 0.717) is 0 Å². The Morgan fingerprint density at radius 2 is 2.07 bits per heavy atom. The van der Waals surface area contributed by atoms with Gasteiger partial charge in [0.15, 0.2) is 6.61 Å². The Hall–Kier alpha value is -1.59. The third kappa shape index (κ3) is 5.66. The molecule has 80 valence electrons. The summed E-state index contributed by atoms with van der Waals surface area (Å²) in [5, 5.41) is 2.68. The standard InChI is InChI=1S/C10H12N2O2S/c11-9(13)8-14-12-10-6-4-2-1-3-5-7-15-10/h1-7,12H,8H2,(H2,11,13). The Balaban J connectivity index is 2.62. The SMILES string of the molecule is NC(=O)CONc1cccccccs1. The lowest BCUT2D eigenvalue weighted by molar-refractivity contribution is -0.121. The van der Waals surface area contributed by atoms with Crippen LogP contribution in [0.1, 0.15) is 0 Å². The van der Waals surface area contributed by atoms with E-state index in [9.17, 15) is 4.79 Å². The fourth-order valence-electron chi connectivity index (χ4n) is 0.769. The van der Waals surface area contributed by atoms with Gasteiger partial charge in [0.1, 0.15) is 5.00 Å². The predicted octanol–water partition coefficient (Wildman–Crippen LogP) is 1.70. The zero-order valence-corrected chi connectivity index (χ0v) is 8.87. The lowest BCUT2D eigenvalue weighted by Gasteiger charge is -2.01. The molecular weight excluding hydrogens is 212 g/mol. The van der Waals surface area contributed by atoms with Crippen LogP contribution < -0.4 is 11.2 Å². The number of nitrogens with one attached hydrogen (secondary N) is 1. The number of carbonyl (C=O) groups excluding carboxylic acids is 1. The quantitative estimate of drug-likeness (QED) is 0.765. The molecule has 5 heteroatoms. The Morgan fingerprint density at radius 1 is 1.33 bits per heavy atom. The first-order valence-corrected chi connectivity index (χ1v) is 5.20. The maximum absolute atomic E-state index is 10.4. The molecule has 0 atom stereocenters. The van der Waals surface area contributed by atoms with Gasteiger partial charge in [0.05, 0.1) is 0 Å². The number of rotatable bonds is 4. The van der Waals surface area contributed by atoms with Crippen molar-refractivity contribution in [3.8, 4) is 0 Å². The number of hydrogen-bond donors (Lipinski definition) is 2. The van der Waals surface area contributed by atoms with Crippen molar-refractivity contribution >= 4 is 22.2 Å². The lowest BCUT2D eigenvalue weighted by atomic mass is 10.5. The van der Waals surface area contributed by atoms with Crippen LogP contribution in [-0.2, 0) is 9.63 Å².